The van der Waals surface area contributed by atoms with Gasteiger partial charge < -0.3 is 23.8 Å². The van der Waals surface area contributed by atoms with E-state index >= 15 is 0 Å². The van der Waals surface area contributed by atoms with Gasteiger partial charge in [0.15, 0.2) is 6.61 Å². The molecular formula is C28H38N2O5. The second-order valence-corrected chi connectivity index (χ2v) is 9.54. The fourth-order valence-electron chi connectivity index (χ4n) is 4.64. The molecule has 35 heavy (non-hydrogen) atoms. The normalized spacial score (nSPS) is 21.4. The van der Waals surface area contributed by atoms with E-state index in [4.69, 9.17) is 18.9 Å². The van der Waals surface area contributed by atoms with Gasteiger partial charge in [-0.2, -0.15) is 0 Å². The van der Waals surface area contributed by atoms with Crippen molar-refractivity contribution in [3.8, 4) is 11.5 Å². The van der Waals surface area contributed by atoms with Crippen LogP contribution in [0.5, 0.6) is 11.5 Å². The first-order chi connectivity index (χ1) is 17.0. The molecule has 1 amide bonds. The zero-order chi connectivity index (χ0) is 24.5. The molecule has 0 bridgehead atoms. The second kappa shape index (κ2) is 12.4. The highest BCUT2D eigenvalue weighted by Gasteiger charge is 2.33. The molecule has 0 unspecified atom stereocenters. The maximum Gasteiger partial charge on any atom is 0.260 e. The third-order valence-corrected chi connectivity index (χ3v) is 7.00. The number of nitrogens with zero attached hydrogens (tertiary/aromatic N) is 2. The number of likely N-dealkylation sites (tertiary alicyclic amines) is 1. The van der Waals surface area contributed by atoms with Crippen LogP contribution >= 0.6 is 0 Å². The predicted molar refractivity (Wildman–Crippen MR) is 135 cm³/mol. The van der Waals surface area contributed by atoms with Crippen molar-refractivity contribution in [2.45, 2.75) is 38.3 Å². The highest BCUT2D eigenvalue weighted by atomic mass is 16.5. The van der Waals surface area contributed by atoms with Crippen molar-refractivity contribution in [2.24, 2.45) is 0 Å². The van der Waals surface area contributed by atoms with Crippen molar-refractivity contribution in [3.05, 3.63) is 59.7 Å². The Morgan fingerprint density at radius 2 is 1.60 bits per heavy atom. The van der Waals surface area contributed by atoms with Crippen LogP contribution in [-0.4, -0.2) is 81.0 Å². The van der Waals surface area contributed by atoms with E-state index in [0.717, 1.165) is 50.4 Å². The molecule has 0 saturated carbocycles. The number of morpholine rings is 1. The zero-order valence-electron chi connectivity index (χ0n) is 21.0. The van der Waals surface area contributed by atoms with Crippen molar-refractivity contribution in [1.82, 2.24) is 9.80 Å². The van der Waals surface area contributed by atoms with Crippen LogP contribution in [-0.2, 0) is 20.8 Å². The van der Waals surface area contributed by atoms with E-state index in [0.29, 0.717) is 32.9 Å². The Hall–Kier alpha value is -2.61. The first-order valence-electron chi connectivity index (χ1n) is 12.6. The quantitative estimate of drug-likeness (QED) is 0.544. The van der Waals surface area contributed by atoms with Crippen LogP contribution in [0.1, 0.15) is 30.4 Å². The SMILES string of the molecule is CO[C@@]1(COc2ccc(C)cc2)CCCN(Cc2ccc(OCC(=O)N3CCOCC3)cc2)CC1. The van der Waals surface area contributed by atoms with Gasteiger partial charge >= 0.3 is 0 Å². The van der Waals surface area contributed by atoms with Gasteiger partial charge in [-0.1, -0.05) is 29.8 Å². The summed E-state index contributed by atoms with van der Waals surface area (Å²) in [5.74, 6) is 1.62. The number of carbonyl (C=O) groups excluding carboxylic acids is 1. The van der Waals surface area contributed by atoms with Crippen LogP contribution in [0.4, 0.5) is 0 Å². The Morgan fingerprint density at radius 1 is 0.914 bits per heavy atom. The minimum Gasteiger partial charge on any atom is -0.491 e. The number of aryl methyl sites for hydroxylation is 1. The molecule has 4 rings (SSSR count). The molecule has 2 aromatic carbocycles. The van der Waals surface area contributed by atoms with Crippen LogP contribution in [0.2, 0.25) is 0 Å². The van der Waals surface area contributed by atoms with Gasteiger partial charge in [0, 0.05) is 33.3 Å². The van der Waals surface area contributed by atoms with Crippen LogP contribution in [0, 0.1) is 6.92 Å². The third kappa shape index (κ3) is 7.43. The van der Waals surface area contributed by atoms with Crippen LogP contribution < -0.4 is 9.47 Å². The number of amides is 1. The maximum absolute atomic E-state index is 12.3. The summed E-state index contributed by atoms with van der Waals surface area (Å²) in [5.41, 5.74) is 2.20. The summed E-state index contributed by atoms with van der Waals surface area (Å²) in [7, 11) is 1.80. The number of ether oxygens (including phenoxy) is 4. The average Bonchev–Trinajstić information content (AvgIpc) is 3.11. The highest BCUT2D eigenvalue weighted by Crippen LogP contribution is 2.28. The van der Waals surface area contributed by atoms with E-state index < -0.39 is 0 Å². The Labute approximate surface area is 208 Å². The summed E-state index contributed by atoms with van der Waals surface area (Å²) in [6.07, 6.45) is 2.98. The summed E-state index contributed by atoms with van der Waals surface area (Å²) >= 11 is 0. The molecule has 2 aromatic rings. The highest BCUT2D eigenvalue weighted by molar-refractivity contribution is 5.77. The van der Waals surface area contributed by atoms with Gasteiger partial charge in [-0.3, -0.25) is 9.69 Å². The van der Waals surface area contributed by atoms with E-state index in [9.17, 15) is 4.79 Å². The van der Waals surface area contributed by atoms with Crippen molar-refractivity contribution >= 4 is 5.91 Å². The van der Waals surface area contributed by atoms with Gasteiger partial charge in [-0.05, 0) is 62.6 Å². The summed E-state index contributed by atoms with van der Waals surface area (Å²) in [4.78, 5) is 16.5. The largest absolute Gasteiger partial charge is 0.491 e. The molecule has 2 saturated heterocycles. The van der Waals surface area contributed by atoms with E-state index in [2.05, 4.69) is 36.1 Å². The van der Waals surface area contributed by atoms with Crippen molar-refractivity contribution in [1.29, 1.82) is 0 Å². The van der Waals surface area contributed by atoms with Crippen molar-refractivity contribution in [2.75, 3.05) is 59.7 Å². The topological polar surface area (TPSA) is 60.5 Å². The summed E-state index contributed by atoms with van der Waals surface area (Å²) < 4.78 is 23.1. The Morgan fingerprint density at radius 3 is 2.31 bits per heavy atom. The summed E-state index contributed by atoms with van der Waals surface area (Å²) in [6, 6.07) is 16.3. The molecule has 190 valence electrons. The molecule has 2 aliphatic rings. The van der Waals surface area contributed by atoms with Crippen LogP contribution in [0.25, 0.3) is 0 Å². The standard InChI is InChI=1S/C28H38N2O5/c1-23-4-8-26(9-5-23)35-22-28(32-2)12-3-14-29(15-13-28)20-24-6-10-25(11-7-24)34-21-27(31)30-16-18-33-19-17-30/h4-11H,3,12-22H2,1-2H3/t28-/m0/s1. The first kappa shape index (κ1) is 25.5. The fraction of sp³-hybridized carbons (Fsp3) is 0.536. The molecule has 1 atom stereocenters. The molecule has 0 radical (unpaired) electrons. The maximum atomic E-state index is 12.3. The third-order valence-electron chi connectivity index (χ3n) is 7.00. The number of carbonyl (C=O) groups is 1. The molecule has 7 heteroatoms. The summed E-state index contributed by atoms with van der Waals surface area (Å²) in [6.45, 7) is 8.05. The van der Waals surface area contributed by atoms with Crippen LogP contribution in [0.15, 0.2) is 48.5 Å². The van der Waals surface area contributed by atoms with E-state index in [1.54, 1.807) is 12.0 Å². The lowest BCUT2D eigenvalue weighted by Gasteiger charge is -2.31. The number of benzene rings is 2. The minimum atomic E-state index is -0.260. The average molecular weight is 483 g/mol. The fourth-order valence-corrected chi connectivity index (χ4v) is 4.64. The molecule has 0 aromatic heterocycles. The Balaban J connectivity index is 1.24. The predicted octanol–water partition coefficient (Wildman–Crippen LogP) is 3.68. The Bertz CT molecular complexity index is 927. The van der Waals surface area contributed by atoms with Gasteiger partial charge in [0.1, 0.15) is 23.7 Å². The van der Waals surface area contributed by atoms with Crippen molar-refractivity contribution < 1.29 is 23.7 Å². The summed E-state index contributed by atoms with van der Waals surface area (Å²) in [5, 5.41) is 0. The number of methoxy groups -OCH3 is 1. The Kier molecular flexibility index (Phi) is 9.01. The van der Waals surface area contributed by atoms with Crippen molar-refractivity contribution in [3.63, 3.8) is 0 Å². The lowest BCUT2D eigenvalue weighted by Crippen LogP contribution is -2.42. The van der Waals surface area contributed by atoms with E-state index in [1.807, 2.05) is 24.3 Å². The van der Waals surface area contributed by atoms with E-state index in [-0.39, 0.29) is 18.1 Å². The van der Waals surface area contributed by atoms with Gasteiger partial charge in [0.2, 0.25) is 0 Å². The first-order valence-corrected chi connectivity index (χ1v) is 12.6. The molecular weight excluding hydrogens is 444 g/mol. The van der Waals surface area contributed by atoms with Gasteiger partial charge in [-0.25, -0.2) is 0 Å². The van der Waals surface area contributed by atoms with Crippen LogP contribution in [0.3, 0.4) is 0 Å². The molecule has 0 spiro atoms. The molecule has 2 aliphatic heterocycles. The number of rotatable bonds is 9. The van der Waals surface area contributed by atoms with E-state index in [1.165, 1.54) is 11.1 Å². The molecule has 0 N–H and O–H groups in total. The molecule has 7 nitrogen and oxygen atoms in total. The molecule has 2 heterocycles. The minimum absolute atomic E-state index is 0.00919. The molecule has 0 aliphatic carbocycles. The van der Waals surface area contributed by atoms with Gasteiger partial charge in [-0.15, -0.1) is 0 Å². The molecule has 2 fully saturated rings. The zero-order valence-corrected chi connectivity index (χ0v) is 21.0. The smallest absolute Gasteiger partial charge is 0.260 e. The van der Waals surface area contributed by atoms with Gasteiger partial charge in [0.05, 0.1) is 13.2 Å². The lowest BCUT2D eigenvalue weighted by atomic mass is 9.95. The van der Waals surface area contributed by atoms with Gasteiger partial charge in [0.25, 0.3) is 5.91 Å². The lowest BCUT2D eigenvalue weighted by molar-refractivity contribution is -0.137. The monoisotopic (exact) mass is 482 g/mol. The number of hydrogen-bond donors (Lipinski definition) is 0. The number of hydrogen-bond acceptors (Lipinski definition) is 6. The second-order valence-electron chi connectivity index (χ2n) is 9.54.